The molecule has 226 valence electrons. The van der Waals surface area contributed by atoms with Crippen molar-refractivity contribution in [1.82, 2.24) is 20.4 Å². The van der Waals surface area contributed by atoms with Gasteiger partial charge in [0, 0.05) is 25.4 Å². The minimum atomic E-state index is -0.840. The lowest BCUT2D eigenvalue weighted by atomic mass is 9.98. The molecule has 0 saturated heterocycles. The standard InChI is InChI=1S/C36H39N5O3/c1-24-38-34(44-40-24)32(23-26-16-18-28-11-6-8-13-30(28)21-26)41(4)35(43)31(39-33(42)14-9-19-36(2,3)37)22-25-15-17-27-10-5-7-12-29(27)20-25/h5-18,20-21,31-32H,19,22-23,37H2,1-4H3,(H,39,42)/b14-9+/t31?,32-/m1/s1. The number of aryl methyl sites for hydroxylation is 1. The van der Waals surface area contributed by atoms with Crippen LogP contribution in [0.25, 0.3) is 21.5 Å². The highest BCUT2D eigenvalue weighted by Crippen LogP contribution is 2.27. The lowest BCUT2D eigenvalue weighted by Gasteiger charge is -2.30. The molecular formula is C36H39N5O3. The van der Waals surface area contributed by atoms with Crippen LogP contribution in [0.3, 0.4) is 0 Å². The summed E-state index contributed by atoms with van der Waals surface area (Å²) in [5.74, 6) is 0.202. The van der Waals surface area contributed by atoms with Gasteiger partial charge in [-0.15, -0.1) is 0 Å². The van der Waals surface area contributed by atoms with E-state index < -0.39 is 17.6 Å². The number of hydrogen-bond donors (Lipinski definition) is 2. The first-order valence-electron chi connectivity index (χ1n) is 14.8. The minimum Gasteiger partial charge on any atom is -0.340 e. The Hall–Kier alpha value is -4.82. The van der Waals surface area contributed by atoms with Crippen LogP contribution in [0.15, 0.2) is 102 Å². The van der Waals surface area contributed by atoms with E-state index in [1.54, 1.807) is 24.9 Å². The van der Waals surface area contributed by atoms with Crippen LogP contribution >= 0.6 is 0 Å². The highest BCUT2D eigenvalue weighted by Gasteiger charge is 2.32. The molecule has 4 aromatic carbocycles. The molecule has 2 atom stereocenters. The van der Waals surface area contributed by atoms with Crippen molar-refractivity contribution in [2.45, 2.75) is 57.7 Å². The molecule has 8 nitrogen and oxygen atoms in total. The number of nitrogens with two attached hydrogens (primary N) is 1. The molecule has 0 aliphatic heterocycles. The maximum absolute atomic E-state index is 14.3. The maximum Gasteiger partial charge on any atom is 0.249 e. The van der Waals surface area contributed by atoms with Crippen molar-refractivity contribution < 1.29 is 14.1 Å². The van der Waals surface area contributed by atoms with Gasteiger partial charge in [0.25, 0.3) is 0 Å². The van der Waals surface area contributed by atoms with Crippen LogP contribution in [0.5, 0.6) is 0 Å². The summed E-state index contributed by atoms with van der Waals surface area (Å²) in [6, 6.07) is 27.1. The van der Waals surface area contributed by atoms with Gasteiger partial charge in [-0.3, -0.25) is 9.59 Å². The Morgan fingerprint density at radius 2 is 1.48 bits per heavy atom. The molecule has 0 saturated carbocycles. The quantitative estimate of drug-likeness (QED) is 0.187. The molecule has 1 heterocycles. The Labute approximate surface area is 257 Å². The van der Waals surface area contributed by atoms with Gasteiger partial charge in [-0.05, 0) is 65.9 Å². The Morgan fingerprint density at radius 1 is 0.909 bits per heavy atom. The monoisotopic (exact) mass is 589 g/mol. The average Bonchev–Trinajstić information content (AvgIpc) is 3.43. The molecule has 0 aliphatic rings. The number of carbonyl (C=O) groups is 2. The van der Waals surface area contributed by atoms with Crippen molar-refractivity contribution in [1.29, 1.82) is 0 Å². The van der Waals surface area contributed by atoms with Gasteiger partial charge in [0.2, 0.25) is 17.7 Å². The fraction of sp³-hybridized carbons (Fsp3) is 0.278. The fourth-order valence-corrected chi connectivity index (χ4v) is 5.32. The molecular weight excluding hydrogens is 550 g/mol. The second-order valence-corrected chi connectivity index (χ2v) is 12.1. The van der Waals surface area contributed by atoms with Gasteiger partial charge in [0.15, 0.2) is 5.82 Å². The molecule has 1 aromatic heterocycles. The second-order valence-electron chi connectivity index (χ2n) is 12.1. The predicted octanol–water partition coefficient (Wildman–Crippen LogP) is 5.84. The van der Waals surface area contributed by atoms with E-state index in [9.17, 15) is 9.59 Å². The van der Waals surface area contributed by atoms with Gasteiger partial charge in [0.1, 0.15) is 12.1 Å². The number of hydrogen-bond acceptors (Lipinski definition) is 6. The summed E-state index contributed by atoms with van der Waals surface area (Å²) in [4.78, 5) is 33.5. The fourth-order valence-electron chi connectivity index (χ4n) is 5.32. The van der Waals surface area contributed by atoms with Crippen LogP contribution in [0.4, 0.5) is 0 Å². The topological polar surface area (TPSA) is 114 Å². The molecule has 5 aromatic rings. The molecule has 44 heavy (non-hydrogen) atoms. The van der Waals surface area contributed by atoms with Gasteiger partial charge < -0.3 is 20.5 Å². The van der Waals surface area contributed by atoms with Crippen molar-refractivity contribution in [2.75, 3.05) is 7.05 Å². The van der Waals surface area contributed by atoms with E-state index >= 15 is 0 Å². The molecule has 2 amide bonds. The maximum atomic E-state index is 14.3. The molecule has 3 N–H and O–H groups in total. The third kappa shape index (κ3) is 7.76. The Morgan fingerprint density at radius 3 is 2.02 bits per heavy atom. The van der Waals surface area contributed by atoms with Crippen LogP contribution in [-0.2, 0) is 22.4 Å². The Bertz CT molecular complexity index is 1800. The molecule has 5 rings (SSSR count). The Balaban J connectivity index is 1.44. The summed E-state index contributed by atoms with van der Waals surface area (Å²) in [6.45, 7) is 5.54. The van der Waals surface area contributed by atoms with E-state index in [1.165, 1.54) is 6.08 Å². The van der Waals surface area contributed by atoms with Crippen molar-refractivity contribution in [3.63, 3.8) is 0 Å². The van der Waals surface area contributed by atoms with Crippen LogP contribution < -0.4 is 11.1 Å². The SMILES string of the molecule is Cc1noc([C@@H](Cc2ccc3ccccc3c2)N(C)C(=O)C(Cc2ccc3ccccc3c2)NC(=O)/C=C/CC(C)(C)N)n1. The highest BCUT2D eigenvalue weighted by atomic mass is 16.5. The van der Waals surface area contributed by atoms with Crippen molar-refractivity contribution in [3.05, 3.63) is 120 Å². The van der Waals surface area contributed by atoms with Crippen LogP contribution in [0.1, 0.15) is 49.2 Å². The van der Waals surface area contributed by atoms with E-state index in [4.69, 9.17) is 10.3 Å². The smallest absolute Gasteiger partial charge is 0.249 e. The molecule has 0 radical (unpaired) electrons. The molecule has 0 bridgehead atoms. The molecule has 0 aliphatic carbocycles. The van der Waals surface area contributed by atoms with E-state index in [2.05, 4.69) is 51.9 Å². The van der Waals surface area contributed by atoms with Gasteiger partial charge in [0.05, 0.1) is 0 Å². The summed E-state index contributed by atoms with van der Waals surface area (Å²) in [5, 5.41) is 11.4. The second kappa shape index (κ2) is 13.2. The van der Waals surface area contributed by atoms with Crippen molar-refractivity contribution >= 4 is 33.4 Å². The number of fused-ring (bicyclic) bond motifs is 2. The first-order chi connectivity index (χ1) is 21.1. The third-order valence-corrected chi connectivity index (χ3v) is 7.67. The first kappa shape index (κ1) is 30.6. The summed E-state index contributed by atoms with van der Waals surface area (Å²) >= 11 is 0. The van der Waals surface area contributed by atoms with E-state index in [0.717, 1.165) is 32.7 Å². The number of amides is 2. The summed E-state index contributed by atoms with van der Waals surface area (Å²) in [6.07, 6.45) is 4.47. The van der Waals surface area contributed by atoms with Crippen molar-refractivity contribution in [3.8, 4) is 0 Å². The number of likely N-dealkylation sites (N-methyl/N-ethyl adjacent to an activating group) is 1. The zero-order valence-electron chi connectivity index (χ0n) is 25.7. The van der Waals surface area contributed by atoms with Crippen LogP contribution in [0, 0.1) is 6.92 Å². The van der Waals surface area contributed by atoms with Crippen molar-refractivity contribution in [2.24, 2.45) is 5.73 Å². The first-order valence-corrected chi connectivity index (χ1v) is 14.8. The van der Waals surface area contributed by atoms with Crippen LogP contribution in [0.2, 0.25) is 0 Å². The van der Waals surface area contributed by atoms with Gasteiger partial charge >= 0.3 is 0 Å². The largest absolute Gasteiger partial charge is 0.340 e. The lowest BCUT2D eigenvalue weighted by Crippen LogP contribution is -2.49. The normalized spacial score (nSPS) is 13.3. The molecule has 0 fully saturated rings. The van der Waals surface area contributed by atoms with Gasteiger partial charge in [-0.2, -0.15) is 4.98 Å². The number of carbonyl (C=O) groups excluding carboxylic acids is 2. The van der Waals surface area contributed by atoms with Gasteiger partial charge in [-0.1, -0.05) is 96.2 Å². The molecule has 0 spiro atoms. The number of aromatic nitrogens is 2. The van der Waals surface area contributed by atoms with Crippen LogP contribution in [-0.4, -0.2) is 45.5 Å². The highest BCUT2D eigenvalue weighted by molar-refractivity contribution is 5.93. The minimum absolute atomic E-state index is 0.263. The molecule has 1 unspecified atom stereocenters. The van der Waals surface area contributed by atoms with E-state index in [1.807, 2.05) is 62.4 Å². The third-order valence-electron chi connectivity index (χ3n) is 7.67. The number of rotatable bonds is 11. The number of nitrogens with zero attached hydrogens (tertiary/aromatic N) is 3. The van der Waals surface area contributed by atoms with Gasteiger partial charge in [-0.25, -0.2) is 0 Å². The lowest BCUT2D eigenvalue weighted by molar-refractivity contribution is -0.137. The number of benzene rings is 4. The summed E-state index contributed by atoms with van der Waals surface area (Å²) in [7, 11) is 1.72. The number of nitrogens with one attached hydrogen (secondary N) is 1. The van der Waals surface area contributed by atoms with E-state index in [-0.39, 0.29) is 11.8 Å². The zero-order chi connectivity index (χ0) is 31.3. The summed E-state index contributed by atoms with van der Waals surface area (Å²) < 4.78 is 5.60. The zero-order valence-corrected chi connectivity index (χ0v) is 25.7. The summed E-state index contributed by atoms with van der Waals surface area (Å²) in [5.41, 5.74) is 7.58. The average molecular weight is 590 g/mol. The Kier molecular flexibility index (Phi) is 9.20. The molecule has 8 heteroatoms. The predicted molar refractivity (Wildman–Crippen MR) is 174 cm³/mol. The van der Waals surface area contributed by atoms with E-state index in [0.29, 0.717) is 31.0 Å².